The highest BCUT2D eigenvalue weighted by atomic mass is 16.3. The molecule has 4 heteroatoms. The standard InChI is InChI=1S/C14H18N2O2/c17-12-8-9-4-1-2-5-10(9)13(12)16-14(18)11-6-3-7-15-11/h1-2,4-5,11-13,15,17H,3,6-8H2,(H,16,18)/t11?,12-,13+/m1/s1. The number of nitrogens with one attached hydrogen (secondary N) is 2. The summed E-state index contributed by atoms with van der Waals surface area (Å²) in [6.45, 7) is 0.905. The van der Waals surface area contributed by atoms with Crippen molar-refractivity contribution >= 4 is 5.91 Å². The lowest BCUT2D eigenvalue weighted by atomic mass is 10.1. The van der Waals surface area contributed by atoms with Crippen LogP contribution < -0.4 is 10.6 Å². The number of aliphatic hydroxyl groups is 1. The molecule has 0 spiro atoms. The molecule has 2 aliphatic rings. The van der Waals surface area contributed by atoms with Crippen LogP contribution in [0.4, 0.5) is 0 Å². The van der Waals surface area contributed by atoms with E-state index in [0.717, 1.165) is 30.5 Å². The average molecular weight is 246 g/mol. The van der Waals surface area contributed by atoms with Crippen LogP contribution in [0.1, 0.15) is 30.0 Å². The Hall–Kier alpha value is -1.39. The highest BCUT2D eigenvalue weighted by Crippen LogP contribution is 2.31. The Morgan fingerprint density at radius 3 is 3.00 bits per heavy atom. The molecule has 1 amide bonds. The molecule has 0 radical (unpaired) electrons. The third-order valence-electron chi connectivity index (χ3n) is 3.88. The van der Waals surface area contributed by atoms with Crippen LogP contribution in [-0.2, 0) is 11.2 Å². The van der Waals surface area contributed by atoms with Crippen LogP contribution in [0.25, 0.3) is 0 Å². The summed E-state index contributed by atoms with van der Waals surface area (Å²) in [5, 5.41) is 16.2. The molecule has 18 heavy (non-hydrogen) atoms. The molecule has 1 saturated heterocycles. The summed E-state index contributed by atoms with van der Waals surface area (Å²) in [5.41, 5.74) is 2.19. The topological polar surface area (TPSA) is 61.4 Å². The van der Waals surface area contributed by atoms with Crippen LogP contribution in [0.15, 0.2) is 24.3 Å². The van der Waals surface area contributed by atoms with Crippen molar-refractivity contribution in [3.8, 4) is 0 Å². The number of aliphatic hydroxyl groups excluding tert-OH is 1. The van der Waals surface area contributed by atoms with Crippen LogP contribution in [0, 0.1) is 0 Å². The molecule has 1 aromatic carbocycles. The number of hydrogen-bond donors (Lipinski definition) is 3. The first-order chi connectivity index (χ1) is 8.75. The molecule has 1 unspecified atom stereocenters. The highest BCUT2D eigenvalue weighted by Gasteiger charge is 2.33. The van der Waals surface area contributed by atoms with Gasteiger partial charge < -0.3 is 15.7 Å². The van der Waals surface area contributed by atoms with Gasteiger partial charge in [0.1, 0.15) is 0 Å². The van der Waals surface area contributed by atoms with Gasteiger partial charge in [-0.2, -0.15) is 0 Å². The van der Waals surface area contributed by atoms with E-state index in [9.17, 15) is 9.90 Å². The van der Waals surface area contributed by atoms with E-state index >= 15 is 0 Å². The van der Waals surface area contributed by atoms with Gasteiger partial charge in [-0.3, -0.25) is 4.79 Å². The Morgan fingerprint density at radius 2 is 2.22 bits per heavy atom. The molecule has 3 N–H and O–H groups in total. The summed E-state index contributed by atoms with van der Waals surface area (Å²) < 4.78 is 0. The molecule has 1 aliphatic heterocycles. The Kier molecular flexibility index (Phi) is 3.06. The van der Waals surface area contributed by atoms with Crippen molar-refractivity contribution in [2.75, 3.05) is 6.54 Å². The zero-order chi connectivity index (χ0) is 12.5. The van der Waals surface area contributed by atoms with E-state index < -0.39 is 6.10 Å². The second-order valence-corrected chi connectivity index (χ2v) is 5.11. The maximum atomic E-state index is 12.1. The van der Waals surface area contributed by atoms with Crippen molar-refractivity contribution in [2.24, 2.45) is 0 Å². The van der Waals surface area contributed by atoms with Crippen LogP contribution >= 0.6 is 0 Å². The summed E-state index contributed by atoms with van der Waals surface area (Å²) >= 11 is 0. The molecule has 3 rings (SSSR count). The first-order valence-corrected chi connectivity index (χ1v) is 6.55. The Morgan fingerprint density at radius 1 is 1.39 bits per heavy atom. The molecule has 96 valence electrons. The Labute approximate surface area is 106 Å². The molecule has 0 saturated carbocycles. The van der Waals surface area contributed by atoms with E-state index in [1.54, 1.807) is 0 Å². The Balaban J connectivity index is 1.74. The van der Waals surface area contributed by atoms with Gasteiger partial charge in [-0.1, -0.05) is 24.3 Å². The van der Waals surface area contributed by atoms with Crippen LogP contribution in [0.2, 0.25) is 0 Å². The molecule has 0 bridgehead atoms. The highest BCUT2D eigenvalue weighted by molar-refractivity contribution is 5.82. The third-order valence-corrected chi connectivity index (χ3v) is 3.88. The number of rotatable bonds is 2. The summed E-state index contributed by atoms with van der Waals surface area (Å²) in [4.78, 5) is 12.1. The first-order valence-electron chi connectivity index (χ1n) is 6.55. The van der Waals surface area contributed by atoms with Crippen LogP contribution in [-0.4, -0.2) is 29.7 Å². The van der Waals surface area contributed by atoms with E-state index in [4.69, 9.17) is 0 Å². The zero-order valence-corrected chi connectivity index (χ0v) is 10.2. The molecule has 3 atom stereocenters. The quantitative estimate of drug-likeness (QED) is 0.712. The van der Waals surface area contributed by atoms with Crippen molar-refractivity contribution in [1.29, 1.82) is 0 Å². The lowest BCUT2D eigenvalue weighted by molar-refractivity contribution is -0.124. The zero-order valence-electron chi connectivity index (χ0n) is 10.2. The maximum Gasteiger partial charge on any atom is 0.237 e. The van der Waals surface area contributed by atoms with Gasteiger partial charge >= 0.3 is 0 Å². The minimum atomic E-state index is -0.507. The number of hydrogen-bond acceptors (Lipinski definition) is 3. The number of carbonyl (C=O) groups excluding carboxylic acids is 1. The van der Waals surface area contributed by atoms with Crippen LogP contribution in [0.5, 0.6) is 0 Å². The summed E-state index contributed by atoms with van der Waals surface area (Å²) in [6, 6.07) is 7.57. The smallest absolute Gasteiger partial charge is 0.237 e. The molecule has 4 nitrogen and oxygen atoms in total. The molecular weight excluding hydrogens is 228 g/mol. The second kappa shape index (κ2) is 4.71. The van der Waals surface area contributed by atoms with Gasteiger partial charge in [-0.05, 0) is 30.5 Å². The van der Waals surface area contributed by atoms with Gasteiger partial charge in [0.05, 0.1) is 18.2 Å². The number of fused-ring (bicyclic) bond motifs is 1. The van der Waals surface area contributed by atoms with Gasteiger partial charge in [0.2, 0.25) is 5.91 Å². The third kappa shape index (κ3) is 2.02. The number of benzene rings is 1. The van der Waals surface area contributed by atoms with E-state index in [-0.39, 0.29) is 18.0 Å². The molecule has 1 aliphatic carbocycles. The lowest BCUT2D eigenvalue weighted by Gasteiger charge is -2.20. The van der Waals surface area contributed by atoms with Gasteiger partial charge in [0, 0.05) is 6.42 Å². The normalized spacial score (nSPS) is 30.2. The monoisotopic (exact) mass is 246 g/mol. The molecule has 1 fully saturated rings. The predicted octanol–water partition coefficient (Wildman–Crippen LogP) is 0.513. The second-order valence-electron chi connectivity index (χ2n) is 5.11. The van der Waals surface area contributed by atoms with Crippen LogP contribution in [0.3, 0.4) is 0 Å². The van der Waals surface area contributed by atoms with Crippen molar-refractivity contribution in [3.05, 3.63) is 35.4 Å². The van der Waals surface area contributed by atoms with E-state index in [2.05, 4.69) is 10.6 Å². The fourth-order valence-corrected chi connectivity index (χ4v) is 2.91. The van der Waals surface area contributed by atoms with Crippen molar-refractivity contribution in [2.45, 2.75) is 37.5 Å². The first kappa shape index (κ1) is 11.7. The minimum Gasteiger partial charge on any atom is -0.390 e. The number of amides is 1. The maximum absolute atomic E-state index is 12.1. The lowest BCUT2D eigenvalue weighted by Crippen LogP contribution is -2.44. The fourth-order valence-electron chi connectivity index (χ4n) is 2.91. The Bertz CT molecular complexity index is 455. The minimum absolute atomic E-state index is 0.00764. The van der Waals surface area contributed by atoms with Crippen molar-refractivity contribution in [1.82, 2.24) is 10.6 Å². The van der Waals surface area contributed by atoms with Crippen molar-refractivity contribution < 1.29 is 9.90 Å². The predicted molar refractivity (Wildman–Crippen MR) is 68.1 cm³/mol. The van der Waals surface area contributed by atoms with Gasteiger partial charge in [0.25, 0.3) is 0 Å². The molecule has 1 aromatic rings. The van der Waals surface area contributed by atoms with Gasteiger partial charge in [0.15, 0.2) is 0 Å². The molecule has 0 aromatic heterocycles. The van der Waals surface area contributed by atoms with Gasteiger partial charge in [-0.15, -0.1) is 0 Å². The molecule has 1 heterocycles. The van der Waals surface area contributed by atoms with E-state index in [1.165, 1.54) is 0 Å². The van der Waals surface area contributed by atoms with Gasteiger partial charge in [-0.25, -0.2) is 0 Å². The molecular formula is C14H18N2O2. The van der Waals surface area contributed by atoms with E-state index in [1.807, 2.05) is 24.3 Å². The van der Waals surface area contributed by atoms with Crippen molar-refractivity contribution in [3.63, 3.8) is 0 Å². The number of carbonyl (C=O) groups is 1. The van der Waals surface area contributed by atoms with E-state index in [0.29, 0.717) is 6.42 Å². The summed E-state index contributed by atoms with van der Waals surface area (Å²) in [6.07, 6.45) is 2.05. The summed E-state index contributed by atoms with van der Waals surface area (Å²) in [5.74, 6) is 0.00764. The average Bonchev–Trinajstić information content (AvgIpc) is 2.98. The largest absolute Gasteiger partial charge is 0.390 e. The summed E-state index contributed by atoms with van der Waals surface area (Å²) in [7, 11) is 0. The SMILES string of the molecule is O=C(N[C@H]1c2ccccc2C[C@H]1O)C1CCCN1. The fraction of sp³-hybridized carbons (Fsp3) is 0.500.